The summed E-state index contributed by atoms with van der Waals surface area (Å²) in [5, 5.41) is 0. The molecule has 0 aromatic carbocycles. The highest BCUT2D eigenvalue weighted by molar-refractivity contribution is 7.46. The summed E-state index contributed by atoms with van der Waals surface area (Å²) in [5.74, 6) is -0.940. The number of phosphoric acid groups is 1. The molecule has 0 bridgehead atoms. The zero-order valence-electron chi connectivity index (χ0n) is 34.9. The molecule has 54 heavy (non-hydrogen) atoms. The van der Waals surface area contributed by atoms with Gasteiger partial charge in [0.05, 0.1) is 6.61 Å². The van der Waals surface area contributed by atoms with E-state index in [0.717, 1.165) is 57.8 Å². The fraction of sp³-hybridized carbons (Fsp3) is 0.822. The lowest BCUT2D eigenvalue weighted by Crippen LogP contribution is -2.29. The summed E-state index contributed by atoms with van der Waals surface area (Å²) >= 11 is 0. The molecular formula is C45H83O8P. The van der Waals surface area contributed by atoms with Gasteiger partial charge >= 0.3 is 19.8 Å². The largest absolute Gasteiger partial charge is 0.469 e. The average molecular weight is 783 g/mol. The Balaban J connectivity index is 3.91. The van der Waals surface area contributed by atoms with Crippen molar-refractivity contribution in [1.29, 1.82) is 0 Å². The predicted molar refractivity (Wildman–Crippen MR) is 225 cm³/mol. The smallest absolute Gasteiger partial charge is 0.462 e. The molecule has 0 radical (unpaired) electrons. The van der Waals surface area contributed by atoms with E-state index < -0.39 is 32.5 Å². The number of hydrogen-bond acceptors (Lipinski definition) is 6. The number of rotatable bonds is 41. The van der Waals surface area contributed by atoms with Gasteiger partial charge in [-0.1, -0.05) is 172 Å². The van der Waals surface area contributed by atoms with Crippen molar-refractivity contribution < 1.29 is 37.9 Å². The first-order valence-electron chi connectivity index (χ1n) is 22.3. The first kappa shape index (κ1) is 52.3. The molecule has 0 aromatic heterocycles. The van der Waals surface area contributed by atoms with E-state index in [1.54, 1.807) is 0 Å². The summed E-state index contributed by atoms with van der Waals surface area (Å²) in [7, 11) is -4.76. The van der Waals surface area contributed by atoms with Crippen molar-refractivity contribution in [3.63, 3.8) is 0 Å². The molecule has 8 nitrogen and oxygen atoms in total. The van der Waals surface area contributed by atoms with Gasteiger partial charge < -0.3 is 19.3 Å². The number of phosphoric ester groups is 1. The van der Waals surface area contributed by atoms with Crippen LogP contribution < -0.4 is 0 Å². The lowest BCUT2D eigenvalue weighted by Gasteiger charge is -2.18. The topological polar surface area (TPSA) is 119 Å². The molecule has 0 saturated carbocycles. The quantitative estimate of drug-likeness (QED) is 0.0272. The lowest BCUT2D eigenvalue weighted by molar-refractivity contribution is -0.161. The molecule has 0 heterocycles. The van der Waals surface area contributed by atoms with E-state index in [1.165, 1.54) is 122 Å². The third kappa shape index (κ3) is 43.0. The molecule has 0 aromatic rings. The van der Waals surface area contributed by atoms with Gasteiger partial charge in [-0.25, -0.2) is 4.57 Å². The van der Waals surface area contributed by atoms with Gasteiger partial charge in [0.15, 0.2) is 6.10 Å². The number of hydrogen-bond donors (Lipinski definition) is 2. The molecule has 2 N–H and O–H groups in total. The second kappa shape index (κ2) is 40.9. The second-order valence-corrected chi connectivity index (χ2v) is 16.2. The summed E-state index contributed by atoms with van der Waals surface area (Å²) in [6.45, 7) is 3.65. The van der Waals surface area contributed by atoms with Crippen LogP contribution in [0.15, 0.2) is 36.5 Å². The predicted octanol–water partition coefficient (Wildman–Crippen LogP) is 13.7. The number of ether oxygens (including phenoxy) is 2. The molecular weight excluding hydrogens is 699 g/mol. The van der Waals surface area contributed by atoms with Crippen molar-refractivity contribution in [2.45, 2.75) is 225 Å². The van der Waals surface area contributed by atoms with Crippen molar-refractivity contribution in [1.82, 2.24) is 0 Å². The third-order valence-electron chi connectivity index (χ3n) is 9.61. The fourth-order valence-electron chi connectivity index (χ4n) is 6.27. The van der Waals surface area contributed by atoms with E-state index in [-0.39, 0.29) is 19.4 Å². The summed E-state index contributed by atoms with van der Waals surface area (Å²) in [6, 6.07) is 0. The zero-order valence-corrected chi connectivity index (χ0v) is 35.8. The summed E-state index contributed by atoms with van der Waals surface area (Å²) in [4.78, 5) is 42.8. The fourth-order valence-corrected chi connectivity index (χ4v) is 6.63. The molecule has 0 amide bonds. The third-order valence-corrected chi connectivity index (χ3v) is 10.1. The summed E-state index contributed by atoms with van der Waals surface area (Å²) in [5.41, 5.74) is 0. The second-order valence-electron chi connectivity index (χ2n) is 15.0. The molecule has 0 spiro atoms. The lowest BCUT2D eigenvalue weighted by atomic mass is 10.0. The van der Waals surface area contributed by atoms with Crippen LogP contribution in [0, 0.1) is 0 Å². The molecule has 0 fully saturated rings. The average Bonchev–Trinajstić information content (AvgIpc) is 3.14. The number of carbonyl (C=O) groups excluding carboxylic acids is 2. The molecule has 0 rings (SSSR count). The van der Waals surface area contributed by atoms with E-state index in [2.05, 4.69) is 54.8 Å². The maximum atomic E-state index is 12.4. The first-order chi connectivity index (χ1) is 26.3. The highest BCUT2D eigenvalue weighted by Crippen LogP contribution is 2.36. The van der Waals surface area contributed by atoms with Gasteiger partial charge in [0.2, 0.25) is 0 Å². The zero-order chi connectivity index (χ0) is 39.6. The summed E-state index contributed by atoms with van der Waals surface area (Å²) in [6.07, 6.45) is 48.9. The minimum absolute atomic E-state index is 0.151. The van der Waals surface area contributed by atoms with Crippen molar-refractivity contribution in [3.8, 4) is 0 Å². The Bertz CT molecular complexity index is 973. The Morgan fingerprint density at radius 1 is 0.463 bits per heavy atom. The van der Waals surface area contributed by atoms with Crippen molar-refractivity contribution >= 4 is 19.8 Å². The first-order valence-corrected chi connectivity index (χ1v) is 23.8. The van der Waals surface area contributed by atoms with Crippen molar-refractivity contribution in [2.24, 2.45) is 0 Å². The van der Waals surface area contributed by atoms with E-state index >= 15 is 0 Å². The standard InChI is InChI=1S/C45H83O8P/c1-3-5-7-9-11-13-15-17-18-19-20-21-22-23-24-25-26-28-30-32-34-36-38-40-45(47)53-43(42-52-54(48,49)50)41-51-44(46)39-37-35-33-31-29-27-16-14-12-10-8-6-4-2/h14,16,25-26,32,34,43H,3-13,15,17-24,27-31,33,35-42H2,1-2H3,(H2,48,49,50)/b16-14+,26-25+,34-32+/t43-/m1/s1. The van der Waals surface area contributed by atoms with E-state index in [9.17, 15) is 14.2 Å². The Labute approximate surface area is 332 Å². The normalized spacial score (nSPS) is 12.7. The highest BCUT2D eigenvalue weighted by Gasteiger charge is 2.22. The molecule has 316 valence electrons. The molecule has 9 heteroatoms. The van der Waals surface area contributed by atoms with Gasteiger partial charge in [0, 0.05) is 12.8 Å². The van der Waals surface area contributed by atoms with E-state index in [1.807, 2.05) is 0 Å². The van der Waals surface area contributed by atoms with Gasteiger partial charge in [-0.05, 0) is 70.6 Å². The van der Waals surface area contributed by atoms with Gasteiger partial charge in [-0.15, -0.1) is 0 Å². The number of unbranched alkanes of at least 4 members (excludes halogenated alkanes) is 25. The number of allylic oxidation sites excluding steroid dienone is 6. The SMILES string of the molecule is CCCCCC/C=C/CCCCCCCC(=O)OC[C@H](COP(=O)(O)O)OC(=O)CCC/C=C/CC/C=C/CCCCCCCCCCCCCCCC. The highest BCUT2D eigenvalue weighted by atomic mass is 31.2. The maximum Gasteiger partial charge on any atom is 0.469 e. The van der Waals surface area contributed by atoms with Crippen LogP contribution in [0.5, 0.6) is 0 Å². The van der Waals surface area contributed by atoms with Crippen LogP contribution in [0.4, 0.5) is 0 Å². The number of carbonyl (C=O) groups is 2. The molecule has 0 unspecified atom stereocenters. The van der Waals surface area contributed by atoms with Gasteiger partial charge in [-0.2, -0.15) is 0 Å². The molecule has 0 aliphatic rings. The molecule has 1 atom stereocenters. The van der Waals surface area contributed by atoms with Gasteiger partial charge in [0.25, 0.3) is 0 Å². The van der Waals surface area contributed by atoms with E-state index in [4.69, 9.17) is 19.3 Å². The van der Waals surface area contributed by atoms with Crippen LogP contribution in [0.1, 0.15) is 219 Å². The Kier molecular flexibility index (Phi) is 39.6. The summed E-state index contributed by atoms with van der Waals surface area (Å²) < 4.78 is 26.3. The minimum Gasteiger partial charge on any atom is -0.462 e. The Hall–Kier alpha value is -1.73. The minimum atomic E-state index is -4.76. The molecule has 0 aliphatic carbocycles. The van der Waals surface area contributed by atoms with Crippen molar-refractivity contribution in [2.75, 3.05) is 13.2 Å². The molecule has 0 saturated heterocycles. The van der Waals surface area contributed by atoms with Crippen LogP contribution in [0.3, 0.4) is 0 Å². The van der Waals surface area contributed by atoms with Gasteiger partial charge in [0.1, 0.15) is 6.61 Å². The Morgan fingerprint density at radius 2 is 0.815 bits per heavy atom. The van der Waals surface area contributed by atoms with Gasteiger partial charge in [-0.3, -0.25) is 14.1 Å². The van der Waals surface area contributed by atoms with Crippen LogP contribution in [0.25, 0.3) is 0 Å². The van der Waals surface area contributed by atoms with Crippen LogP contribution in [0.2, 0.25) is 0 Å². The van der Waals surface area contributed by atoms with E-state index in [0.29, 0.717) is 12.8 Å². The Morgan fingerprint density at radius 3 is 1.26 bits per heavy atom. The number of esters is 2. The monoisotopic (exact) mass is 783 g/mol. The van der Waals surface area contributed by atoms with Crippen LogP contribution in [-0.2, 0) is 28.2 Å². The maximum absolute atomic E-state index is 12.4. The van der Waals surface area contributed by atoms with Crippen LogP contribution >= 0.6 is 7.82 Å². The van der Waals surface area contributed by atoms with Crippen LogP contribution in [-0.4, -0.2) is 41.0 Å². The molecule has 0 aliphatic heterocycles. The van der Waals surface area contributed by atoms with Crippen molar-refractivity contribution in [3.05, 3.63) is 36.5 Å².